The van der Waals surface area contributed by atoms with Crippen LogP contribution in [0.5, 0.6) is 0 Å². The first kappa shape index (κ1) is 18.0. The number of benzene rings is 2. The van der Waals surface area contributed by atoms with Crippen molar-refractivity contribution in [2.75, 3.05) is 16.8 Å². The lowest BCUT2D eigenvalue weighted by molar-refractivity contribution is -0.125. The van der Waals surface area contributed by atoms with Crippen molar-refractivity contribution < 1.29 is 9.59 Å². The van der Waals surface area contributed by atoms with Gasteiger partial charge in [0.2, 0.25) is 11.8 Å². The molecule has 2 aromatic carbocycles. The molecule has 0 saturated heterocycles. The molecule has 0 bridgehead atoms. The highest BCUT2D eigenvalue weighted by atomic mass is 35.5. The molecule has 2 amide bonds. The largest absolute Gasteiger partial charge is 0.325 e. The Morgan fingerprint density at radius 3 is 2.54 bits per heavy atom. The van der Waals surface area contributed by atoms with Crippen LogP contribution < -0.4 is 10.2 Å². The second-order valence-electron chi connectivity index (χ2n) is 5.66. The van der Waals surface area contributed by atoms with Crippen LogP contribution in [0.3, 0.4) is 0 Å². The molecule has 0 aliphatic heterocycles. The van der Waals surface area contributed by atoms with Gasteiger partial charge in [-0.1, -0.05) is 29.8 Å². The first-order valence-corrected chi connectivity index (χ1v) is 8.21. The Labute approximate surface area is 147 Å². The van der Waals surface area contributed by atoms with Crippen LogP contribution in [0.25, 0.3) is 0 Å². The Morgan fingerprint density at radius 2 is 1.88 bits per heavy atom. The molecule has 0 atom stereocenters. The average Bonchev–Trinajstić information content (AvgIpc) is 2.51. The Balaban J connectivity index is 2.07. The van der Waals surface area contributed by atoms with E-state index in [1.807, 2.05) is 51.1 Å². The van der Waals surface area contributed by atoms with E-state index in [-0.39, 0.29) is 18.2 Å². The number of carbonyl (C=O) groups excluding carboxylic acids is 2. The summed E-state index contributed by atoms with van der Waals surface area (Å²) in [5.74, 6) is -0.586. The topological polar surface area (TPSA) is 49.4 Å². The Hall–Kier alpha value is -2.33. The van der Waals surface area contributed by atoms with E-state index in [1.165, 1.54) is 0 Å². The molecule has 0 fully saturated rings. The summed E-state index contributed by atoms with van der Waals surface area (Å²) in [6.07, 6.45) is -0.215. The number of hydrogen-bond acceptors (Lipinski definition) is 2. The average molecular weight is 345 g/mol. The van der Waals surface area contributed by atoms with Gasteiger partial charge in [0, 0.05) is 22.9 Å². The van der Waals surface area contributed by atoms with E-state index >= 15 is 0 Å². The highest BCUT2D eigenvalue weighted by molar-refractivity contribution is 6.31. The third kappa shape index (κ3) is 4.59. The molecule has 0 heterocycles. The Morgan fingerprint density at radius 1 is 1.12 bits per heavy atom. The van der Waals surface area contributed by atoms with E-state index < -0.39 is 0 Å². The lowest BCUT2D eigenvalue weighted by Gasteiger charge is -2.21. The predicted octanol–water partition coefficient (Wildman–Crippen LogP) is 4.34. The van der Waals surface area contributed by atoms with Crippen LogP contribution in [-0.2, 0) is 9.59 Å². The second-order valence-corrected chi connectivity index (χ2v) is 6.10. The zero-order chi connectivity index (χ0) is 17.7. The fourth-order valence-electron chi connectivity index (χ4n) is 2.45. The number of hydrogen-bond donors (Lipinski definition) is 1. The van der Waals surface area contributed by atoms with E-state index in [1.54, 1.807) is 17.0 Å². The molecule has 24 heavy (non-hydrogen) atoms. The van der Waals surface area contributed by atoms with Crippen LogP contribution in [0.1, 0.15) is 24.5 Å². The molecule has 0 spiro atoms. The number of anilines is 2. The Bertz CT molecular complexity index is 759. The van der Waals surface area contributed by atoms with E-state index in [0.717, 1.165) is 16.8 Å². The summed E-state index contributed by atoms with van der Waals surface area (Å²) in [4.78, 5) is 26.3. The van der Waals surface area contributed by atoms with Gasteiger partial charge >= 0.3 is 0 Å². The predicted molar refractivity (Wildman–Crippen MR) is 98.6 cm³/mol. The van der Waals surface area contributed by atoms with Crippen LogP contribution in [0.4, 0.5) is 11.4 Å². The van der Waals surface area contributed by atoms with Crippen molar-refractivity contribution in [3.05, 3.63) is 58.6 Å². The number of halogens is 1. The van der Waals surface area contributed by atoms with Gasteiger partial charge in [-0.05, 0) is 56.2 Å². The van der Waals surface area contributed by atoms with Gasteiger partial charge in [-0.2, -0.15) is 0 Å². The summed E-state index contributed by atoms with van der Waals surface area (Å²) < 4.78 is 0. The summed E-state index contributed by atoms with van der Waals surface area (Å²) in [6, 6.07) is 12.9. The number of nitrogens with zero attached hydrogens (tertiary/aromatic N) is 1. The van der Waals surface area contributed by atoms with Crippen LogP contribution in [0, 0.1) is 13.8 Å². The lowest BCUT2D eigenvalue weighted by Crippen LogP contribution is -2.33. The lowest BCUT2D eigenvalue weighted by atomic mass is 10.2. The maximum atomic E-state index is 12.5. The highest BCUT2D eigenvalue weighted by Crippen LogP contribution is 2.21. The van der Waals surface area contributed by atoms with E-state index in [9.17, 15) is 9.59 Å². The summed E-state index contributed by atoms with van der Waals surface area (Å²) in [5, 5.41) is 3.29. The van der Waals surface area contributed by atoms with Crippen LogP contribution >= 0.6 is 11.6 Å². The van der Waals surface area contributed by atoms with E-state index in [2.05, 4.69) is 5.32 Å². The van der Waals surface area contributed by atoms with Gasteiger partial charge in [0.15, 0.2) is 0 Å². The highest BCUT2D eigenvalue weighted by Gasteiger charge is 2.18. The van der Waals surface area contributed by atoms with Crippen molar-refractivity contribution in [3.8, 4) is 0 Å². The second kappa shape index (κ2) is 7.97. The number of aryl methyl sites for hydroxylation is 2. The molecule has 0 unspecified atom stereocenters. The molecule has 0 radical (unpaired) electrons. The zero-order valence-electron chi connectivity index (χ0n) is 14.1. The van der Waals surface area contributed by atoms with Gasteiger partial charge in [-0.25, -0.2) is 0 Å². The van der Waals surface area contributed by atoms with Gasteiger partial charge in [0.1, 0.15) is 6.42 Å². The summed E-state index contributed by atoms with van der Waals surface area (Å²) in [7, 11) is 0. The molecular weight excluding hydrogens is 324 g/mol. The molecule has 0 aliphatic carbocycles. The van der Waals surface area contributed by atoms with Gasteiger partial charge in [-0.15, -0.1) is 0 Å². The molecule has 126 valence electrons. The van der Waals surface area contributed by atoms with Gasteiger partial charge in [0.05, 0.1) is 0 Å². The SMILES string of the molecule is CCN(C(=O)CC(=O)Nc1cc(Cl)ccc1C)c1cccc(C)c1. The van der Waals surface area contributed by atoms with Gasteiger partial charge in [-0.3, -0.25) is 9.59 Å². The normalized spacial score (nSPS) is 10.3. The van der Waals surface area contributed by atoms with Crippen LogP contribution in [0.2, 0.25) is 5.02 Å². The minimum Gasteiger partial charge on any atom is -0.325 e. The monoisotopic (exact) mass is 344 g/mol. The quantitative estimate of drug-likeness (QED) is 0.820. The molecule has 0 aliphatic rings. The molecule has 5 heteroatoms. The molecule has 4 nitrogen and oxygen atoms in total. The van der Waals surface area contributed by atoms with Crippen molar-refractivity contribution in [3.63, 3.8) is 0 Å². The van der Waals surface area contributed by atoms with Gasteiger partial charge < -0.3 is 10.2 Å². The minimum atomic E-state index is -0.350. The van der Waals surface area contributed by atoms with Crippen molar-refractivity contribution in [1.82, 2.24) is 0 Å². The summed E-state index contributed by atoms with van der Waals surface area (Å²) >= 11 is 5.95. The molecule has 2 rings (SSSR count). The maximum Gasteiger partial charge on any atom is 0.236 e. The fourth-order valence-corrected chi connectivity index (χ4v) is 2.63. The van der Waals surface area contributed by atoms with E-state index in [0.29, 0.717) is 17.3 Å². The number of nitrogens with one attached hydrogen (secondary N) is 1. The van der Waals surface area contributed by atoms with Crippen LogP contribution in [0.15, 0.2) is 42.5 Å². The van der Waals surface area contributed by atoms with E-state index in [4.69, 9.17) is 11.6 Å². The van der Waals surface area contributed by atoms with Gasteiger partial charge in [0.25, 0.3) is 0 Å². The molecule has 1 N–H and O–H groups in total. The smallest absolute Gasteiger partial charge is 0.236 e. The number of amides is 2. The number of carbonyl (C=O) groups is 2. The fraction of sp³-hybridized carbons (Fsp3) is 0.263. The third-order valence-electron chi connectivity index (χ3n) is 3.72. The third-order valence-corrected chi connectivity index (χ3v) is 3.95. The van der Waals surface area contributed by atoms with Crippen molar-refractivity contribution in [2.24, 2.45) is 0 Å². The van der Waals surface area contributed by atoms with Crippen molar-refractivity contribution >= 4 is 34.8 Å². The number of rotatable bonds is 5. The molecule has 2 aromatic rings. The summed E-state index contributed by atoms with van der Waals surface area (Å²) in [6.45, 7) is 6.24. The zero-order valence-corrected chi connectivity index (χ0v) is 14.9. The maximum absolute atomic E-state index is 12.5. The Kier molecular flexibility index (Phi) is 5.99. The molecular formula is C19H21ClN2O2. The standard InChI is InChI=1S/C19H21ClN2O2/c1-4-22(16-7-5-6-13(2)10-16)19(24)12-18(23)21-17-11-15(20)9-8-14(17)3/h5-11H,4,12H2,1-3H3,(H,21,23). The first-order valence-electron chi connectivity index (χ1n) is 7.83. The van der Waals surface area contributed by atoms with Crippen molar-refractivity contribution in [1.29, 1.82) is 0 Å². The minimum absolute atomic E-state index is 0.215. The first-order chi connectivity index (χ1) is 11.4. The molecule has 0 saturated carbocycles. The molecule has 0 aromatic heterocycles. The summed E-state index contributed by atoms with van der Waals surface area (Å²) in [5.41, 5.74) is 3.39. The van der Waals surface area contributed by atoms with Crippen LogP contribution in [-0.4, -0.2) is 18.4 Å². The van der Waals surface area contributed by atoms with Crippen molar-refractivity contribution in [2.45, 2.75) is 27.2 Å².